The predicted molar refractivity (Wildman–Crippen MR) is 117 cm³/mol. The van der Waals surface area contributed by atoms with Crippen molar-refractivity contribution in [2.75, 3.05) is 6.54 Å². The minimum Gasteiger partial charge on any atom is -0.457 e. The number of nitrogens with zero attached hydrogens (tertiary/aromatic N) is 1. The molecule has 0 fully saturated rings. The molecule has 1 amide bonds. The average Bonchev–Trinajstić information content (AvgIpc) is 3.06. The van der Waals surface area contributed by atoms with Crippen LogP contribution in [0.4, 0.5) is 0 Å². The number of ether oxygens (including phenoxy) is 1. The summed E-state index contributed by atoms with van der Waals surface area (Å²) in [5, 5.41) is 4.67. The molecule has 0 aliphatic carbocycles. The van der Waals surface area contributed by atoms with Gasteiger partial charge in [-0.1, -0.05) is 41.9 Å². The van der Waals surface area contributed by atoms with Crippen LogP contribution in [0.15, 0.2) is 78.9 Å². The molecular weight excluding hydrogens is 384 g/mol. The van der Waals surface area contributed by atoms with Gasteiger partial charge < -0.3 is 14.6 Å². The number of rotatable bonds is 6. The predicted octanol–water partition coefficient (Wildman–Crippen LogP) is 5.60. The molecule has 5 heteroatoms. The third-order valence-electron chi connectivity index (χ3n) is 4.84. The summed E-state index contributed by atoms with van der Waals surface area (Å²) in [6, 6.07) is 25.0. The summed E-state index contributed by atoms with van der Waals surface area (Å²) >= 11 is 5.91. The fourth-order valence-electron chi connectivity index (χ4n) is 3.30. The van der Waals surface area contributed by atoms with E-state index < -0.39 is 0 Å². The highest BCUT2D eigenvalue weighted by Crippen LogP contribution is 2.27. The van der Waals surface area contributed by atoms with Crippen molar-refractivity contribution in [2.24, 2.45) is 7.05 Å². The lowest BCUT2D eigenvalue weighted by Gasteiger charge is -2.07. The van der Waals surface area contributed by atoms with E-state index in [9.17, 15) is 4.79 Å². The average molecular weight is 405 g/mol. The molecule has 0 radical (unpaired) electrons. The zero-order chi connectivity index (χ0) is 20.2. The number of para-hydroxylation sites is 1. The van der Waals surface area contributed by atoms with E-state index in [1.807, 2.05) is 90.5 Å². The molecule has 0 bridgehead atoms. The van der Waals surface area contributed by atoms with Crippen LogP contribution >= 0.6 is 11.6 Å². The molecule has 1 N–H and O–H groups in total. The number of aryl methyl sites for hydroxylation is 1. The molecule has 146 valence electrons. The molecule has 0 aliphatic rings. The van der Waals surface area contributed by atoms with Gasteiger partial charge in [0.2, 0.25) is 0 Å². The number of carbonyl (C=O) groups excluding carboxylic acids is 1. The van der Waals surface area contributed by atoms with E-state index >= 15 is 0 Å². The molecule has 4 aromatic rings. The fourth-order valence-corrected chi connectivity index (χ4v) is 3.42. The van der Waals surface area contributed by atoms with Gasteiger partial charge in [0.25, 0.3) is 5.91 Å². The molecule has 1 aromatic heterocycles. The maximum atomic E-state index is 12.7. The van der Waals surface area contributed by atoms with Gasteiger partial charge in [-0.25, -0.2) is 0 Å². The number of aromatic nitrogens is 1. The normalized spacial score (nSPS) is 10.8. The zero-order valence-electron chi connectivity index (χ0n) is 16.1. The van der Waals surface area contributed by atoms with Crippen LogP contribution in [-0.2, 0) is 13.5 Å². The smallest absolute Gasteiger partial charge is 0.267 e. The van der Waals surface area contributed by atoms with Crippen LogP contribution in [0, 0.1) is 0 Å². The molecule has 0 spiro atoms. The van der Waals surface area contributed by atoms with E-state index in [0.717, 1.165) is 34.4 Å². The Bertz CT molecular complexity index is 1130. The quantitative estimate of drug-likeness (QED) is 0.454. The van der Waals surface area contributed by atoms with Gasteiger partial charge in [0.05, 0.1) is 0 Å². The minimum absolute atomic E-state index is 0.0943. The van der Waals surface area contributed by atoms with E-state index in [1.54, 1.807) is 0 Å². The third kappa shape index (κ3) is 4.44. The van der Waals surface area contributed by atoms with Gasteiger partial charge in [-0.3, -0.25) is 4.79 Å². The minimum atomic E-state index is -0.0943. The standard InChI is InChI=1S/C24H21ClN2O2/c1-27-22-12-11-21(29-20-5-3-2-4-6-20)15-18(22)16-23(27)24(28)26-14-13-17-7-9-19(25)10-8-17/h2-12,15-16H,13-14H2,1H3,(H,26,28). The molecule has 0 atom stereocenters. The number of hydrogen-bond acceptors (Lipinski definition) is 2. The van der Waals surface area contributed by atoms with E-state index in [-0.39, 0.29) is 5.91 Å². The molecule has 0 aliphatic heterocycles. The Balaban J connectivity index is 1.46. The summed E-state index contributed by atoms with van der Waals surface area (Å²) in [5.74, 6) is 1.43. The fraction of sp³-hybridized carbons (Fsp3) is 0.125. The lowest BCUT2D eigenvalue weighted by Crippen LogP contribution is -2.27. The number of halogens is 1. The summed E-state index contributed by atoms with van der Waals surface area (Å²) in [6.45, 7) is 0.560. The Morgan fingerprint density at radius 3 is 2.48 bits per heavy atom. The van der Waals surface area contributed by atoms with Gasteiger partial charge in [0, 0.05) is 29.5 Å². The first kappa shape index (κ1) is 19.1. The first-order valence-electron chi connectivity index (χ1n) is 9.45. The van der Waals surface area contributed by atoms with Crippen molar-refractivity contribution in [3.8, 4) is 11.5 Å². The largest absolute Gasteiger partial charge is 0.457 e. The summed E-state index contributed by atoms with van der Waals surface area (Å²) in [6.07, 6.45) is 0.752. The molecule has 0 saturated heterocycles. The van der Waals surface area contributed by atoms with Crippen LogP contribution in [0.3, 0.4) is 0 Å². The highest BCUT2D eigenvalue weighted by molar-refractivity contribution is 6.30. The van der Waals surface area contributed by atoms with Crippen molar-refractivity contribution in [2.45, 2.75) is 6.42 Å². The molecular formula is C24H21ClN2O2. The van der Waals surface area contributed by atoms with Crippen molar-refractivity contribution in [1.82, 2.24) is 9.88 Å². The summed E-state index contributed by atoms with van der Waals surface area (Å²) < 4.78 is 7.80. The van der Waals surface area contributed by atoms with Crippen LogP contribution in [0.1, 0.15) is 16.1 Å². The van der Waals surface area contributed by atoms with E-state index in [1.165, 1.54) is 0 Å². The summed E-state index contributed by atoms with van der Waals surface area (Å²) in [5.41, 5.74) is 2.73. The number of carbonyl (C=O) groups is 1. The Morgan fingerprint density at radius 1 is 0.966 bits per heavy atom. The first-order valence-corrected chi connectivity index (χ1v) is 9.83. The highest BCUT2D eigenvalue weighted by Gasteiger charge is 2.13. The molecule has 1 heterocycles. The van der Waals surface area contributed by atoms with Gasteiger partial charge in [0.1, 0.15) is 17.2 Å². The van der Waals surface area contributed by atoms with E-state index in [0.29, 0.717) is 17.3 Å². The second-order valence-corrected chi connectivity index (χ2v) is 7.29. The SMILES string of the molecule is Cn1c(C(=O)NCCc2ccc(Cl)cc2)cc2cc(Oc3ccccc3)ccc21. The van der Waals surface area contributed by atoms with Gasteiger partial charge in [0.15, 0.2) is 0 Å². The highest BCUT2D eigenvalue weighted by atomic mass is 35.5. The zero-order valence-corrected chi connectivity index (χ0v) is 16.8. The second-order valence-electron chi connectivity index (χ2n) is 6.86. The molecule has 0 saturated carbocycles. The van der Waals surface area contributed by atoms with Crippen molar-refractivity contribution in [1.29, 1.82) is 0 Å². The van der Waals surface area contributed by atoms with Gasteiger partial charge >= 0.3 is 0 Å². The monoisotopic (exact) mass is 404 g/mol. The third-order valence-corrected chi connectivity index (χ3v) is 5.09. The van der Waals surface area contributed by atoms with Gasteiger partial charge in [-0.05, 0) is 60.5 Å². The number of benzene rings is 3. The van der Waals surface area contributed by atoms with Crippen molar-refractivity contribution < 1.29 is 9.53 Å². The van der Waals surface area contributed by atoms with Crippen molar-refractivity contribution >= 4 is 28.4 Å². The Kier molecular flexibility index (Phi) is 5.54. The molecule has 0 unspecified atom stereocenters. The first-order chi connectivity index (χ1) is 14.1. The van der Waals surface area contributed by atoms with Crippen LogP contribution in [0.2, 0.25) is 5.02 Å². The van der Waals surface area contributed by atoms with Gasteiger partial charge in [-0.15, -0.1) is 0 Å². The van der Waals surface area contributed by atoms with E-state index in [2.05, 4.69) is 5.32 Å². The Morgan fingerprint density at radius 2 is 1.72 bits per heavy atom. The molecule has 29 heavy (non-hydrogen) atoms. The number of nitrogens with one attached hydrogen (secondary N) is 1. The molecule has 4 rings (SSSR count). The summed E-state index contributed by atoms with van der Waals surface area (Å²) in [4.78, 5) is 12.7. The number of amides is 1. The van der Waals surface area contributed by atoms with Crippen molar-refractivity contribution in [3.05, 3.63) is 95.1 Å². The van der Waals surface area contributed by atoms with Crippen LogP contribution < -0.4 is 10.1 Å². The topological polar surface area (TPSA) is 43.3 Å². The lowest BCUT2D eigenvalue weighted by atomic mass is 10.1. The Hall–Kier alpha value is -3.24. The molecule has 3 aromatic carbocycles. The van der Waals surface area contributed by atoms with Gasteiger partial charge in [-0.2, -0.15) is 0 Å². The maximum absolute atomic E-state index is 12.7. The maximum Gasteiger partial charge on any atom is 0.267 e. The number of fused-ring (bicyclic) bond motifs is 1. The van der Waals surface area contributed by atoms with Crippen LogP contribution in [-0.4, -0.2) is 17.0 Å². The lowest BCUT2D eigenvalue weighted by molar-refractivity contribution is 0.0946. The second kappa shape index (κ2) is 8.41. The number of hydrogen-bond donors (Lipinski definition) is 1. The molecule has 4 nitrogen and oxygen atoms in total. The summed E-state index contributed by atoms with van der Waals surface area (Å²) in [7, 11) is 1.90. The Labute approximate surface area is 174 Å². The van der Waals surface area contributed by atoms with Crippen LogP contribution in [0.5, 0.6) is 11.5 Å². The van der Waals surface area contributed by atoms with Crippen molar-refractivity contribution in [3.63, 3.8) is 0 Å². The van der Waals surface area contributed by atoms with E-state index in [4.69, 9.17) is 16.3 Å². The van der Waals surface area contributed by atoms with Crippen LogP contribution in [0.25, 0.3) is 10.9 Å².